The summed E-state index contributed by atoms with van der Waals surface area (Å²) in [5.74, 6) is 0. The molecule has 0 nitrogen and oxygen atoms in total. The van der Waals surface area contributed by atoms with Gasteiger partial charge in [0, 0.05) is 0 Å². The van der Waals surface area contributed by atoms with Crippen molar-refractivity contribution in [2.75, 3.05) is 0 Å². The van der Waals surface area contributed by atoms with Crippen LogP contribution < -0.4 is 0 Å². The van der Waals surface area contributed by atoms with Crippen molar-refractivity contribution < 1.29 is 0 Å². The number of rotatable bonds is 6. The van der Waals surface area contributed by atoms with Gasteiger partial charge in [-0.2, -0.15) is 0 Å². The van der Waals surface area contributed by atoms with Crippen LogP contribution >= 0.6 is 0 Å². The van der Waals surface area contributed by atoms with E-state index in [-0.39, 0.29) is 0 Å². The van der Waals surface area contributed by atoms with Crippen LogP contribution in [0.25, 0.3) is 77.5 Å². The maximum absolute atomic E-state index is 2.34. The van der Waals surface area contributed by atoms with Gasteiger partial charge in [0.25, 0.3) is 0 Å². The van der Waals surface area contributed by atoms with Crippen molar-refractivity contribution in [3.05, 3.63) is 192 Å². The summed E-state index contributed by atoms with van der Waals surface area (Å²) in [6.07, 6.45) is 0. The smallest absolute Gasteiger partial charge is 0.0171 e. The zero-order valence-corrected chi connectivity index (χ0v) is 29.2. The average Bonchev–Trinajstić information content (AvgIpc) is 3.14. The van der Waals surface area contributed by atoms with Gasteiger partial charge in [0.05, 0.1) is 0 Å². The Morgan fingerprint density at radius 2 is 0.500 bits per heavy atom. The Labute approximate surface area is 296 Å². The Bertz CT molecular complexity index is 2450. The van der Waals surface area contributed by atoms with E-state index in [0.717, 1.165) is 0 Å². The molecule has 0 atom stereocenters. The number of hydrogen-bond donors (Lipinski definition) is 0. The second kappa shape index (κ2) is 13.1. The van der Waals surface area contributed by atoms with Crippen LogP contribution in [0.1, 0.15) is 22.3 Å². The molecule has 0 fully saturated rings. The number of hydrogen-bond acceptors (Lipinski definition) is 0. The Balaban J connectivity index is 1.22. The zero-order valence-electron chi connectivity index (χ0n) is 29.2. The first-order chi connectivity index (χ1) is 24.3. The molecule has 50 heavy (non-hydrogen) atoms. The van der Waals surface area contributed by atoms with Gasteiger partial charge in [-0.3, -0.25) is 0 Å². The van der Waals surface area contributed by atoms with E-state index < -0.39 is 0 Å². The summed E-state index contributed by atoms with van der Waals surface area (Å²) in [6, 6.07) is 63.1. The predicted octanol–water partition coefficient (Wildman–Crippen LogP) is 14.1. The first-order valence-corrected chi connectivity index (χ1v) is 17.5. The Hall–Kier alpha value is -5.98. The summed E-state index contributed by atoms with van der Waals surface area (Å²) in [4.78, 5) is 0. The van der Waals surface area contributed by atoms with Gasteiger partial charge >= 0.3 is 0 Å². The second-order valence-corrected chi connectivity index (χ2v) is 13.8. The number of fused-ring (bicyclic) bond motifs is 1. The monoisotopic (exact) mass is 640 g/mol. The molecule has 240 valence electrons. The van der Waals surface area contributed by atoms with Gasteiger partial charge in [0.1, 0.15) is 0 Å². The summed E-state index contributed by atoms with van der Waals surface area (Å²) >= 11 is 0. The normalized spacial score (nSPS) is 11.2. The van der Waals surface area contributed by atoms with Gasteiger partial charge in [0.2, 0.25) is 0 Å². The van der Waals surface area contributed by atoms with Gasteiger partial charge in [0.15, 0.2) is 0 Å². The second-order valence-electron chi connectivity index (χ2n) is 13.8. The lowest BCUT2D eigenvalue weighted by atomic mass is 9.90. The van der Waals surface area contributed by atoms with Crippen molar-refractivity contribution in [2.45, 2.75) is 27.7 Å². The Morgan fingerprint density at radius 3 is 0.840 bits per heavy atom. The fraction of sp³-hybridized carbons (Fsp3) is 0.0800. The SMILES string of the molecule is Cc1ccc(-c2cc(-c3cccc(C)c3)cc(-c3ccc4cc(-c5cc(-c6cccc(C)c6)cc(-c6cccc(C)c6)c5)ccc4c3)c2)cc1. The molecule has 0 spiro atoms. The minimum atomic E-state index is 1.22. The van der Waals surface area contributed by atoms with Crippen LogP contribution in [-0.4, -0.2) is 0 Å². The zero-order chi connectivity index (χ0) is 34.2. The number of aryl methyl sites for hydroxylation is 4. The molecule has 0 heterocycles. The minimum absolute atomic E-state index is 1.22. The van der Waals surface area contributed by atoms with Crippen LogP contribution in [0.3, 0.4) is 0 Å². The molecule has 0 aromatic heterocycles. The summed E-state index contributed by atoms with van der Waals surface area (Å²) in [6.45, 7) is 8.62. The molecule has 0 aliphatic heterocycles. The summed E-state index contributed by atoms with van der Waals surface area (Å²) in [5, 5.41) is 2.47. The highest BCUT2D eigenvalue weighted by Crippen LogP contribution is 2.37. The third-order valence-corrected chi connectivity index (χ3v) is 9.81. The maximum atomic E-state index is 2.34. The topological polar surface area (TPSA) is 0 Å². The molecule has 0 unspecified atom stereocenters. The highest BCUT2D eigenvalue weighted by molar-refractivity contribution is 5.93. The summed E-state index contributed by atoms with van der Waals surface area (Å²) < 4.78 is 0. The molecule has 8 rings (SSSR count). The Kier molecular flexibility index (Phi) is 8.23. The van der Waals surface area contributed by atoms with E-state index in [0.29, 0.717) is 0 Å². The molecular weight excluding hydrogens is 601 g/mol. The Morgan fingerprint density at radius 1 is 0.200 bits per heavy atom. The minimum Gasteiger partial charge on any atom is -0.0614 e. The molecule has 0 saturated carbocycles. The van der Waals surface area contributed by atoms with E-state index in [4.69, 9.17) is 0 Å². The average molecular weight is 641 g/mol. The third kappa shape index (κ3) is 6.53. The van der Waals surface area contributed by atoms with E-state index in [1.165, 1.54) is 99.8 Å². The van der Waals surface area contributed by atoms with Crippen molar-refractivity contribution in [2.24, 2.45) is 0 Å². The van der Waals surface area contributed by atoms with Gasteiger partial charge in [-0.25, -0.2) is 0 Å². The van der Waals surface area contributed by atoms with E-state index >= 15 is 0 Å². The maximum Gasteiger partial charge on any atom is -0.0171 e. The lowest BCUT2D eigenvalue weighted by molar-refractivity contribution is 1.45. The van der Waals surface area contributed by atoms with Crippen molar-refractivity contribution >= 4 is 10.8 Å². The van der Waals surface area contributed by atoms with E-state index in [1.54, 1.807) is 0 Å². The first kappa shape index (κ1) is 31.3. The van der Waals surface area contributed by atoms with E-state index in [2.05, 4.69) is 198 Å². The van der Waals surface area contributed by atoms with Gasteiger partial charge in [-0.05, 0) is 154 Å². The van der Waals surface area contributed by atoms with Crippen molar-refractivity contribution in [3.8, 4) is 66.8 Å². The molecule has 0 N–H and O–H groups in total. The van der Waals surface area contributed by atoms with Crippen LogP contribution in [0.4, 0.5) is 0 Å². The van der Waals surface area contributed by atoms with Crippen molar-refractivity contribution in [1.82, 2.24) is 0 Å². The predicted molar refractivity (Wildman–Crippen MR) is 216 cm³/mol. The van der Waals surface area contributed by atoms with E-state index in [9.17, 15) is 0 Å². The molecule has 8 aromatic rings. The highest BCUT2D eigenvalue weighted by atomic mass is 14.2. The van der Waals surface area contributed by atoms with Gasteiger partial charge < -0.3 is 0 Å². The molecule has 0 aliphatic carbocycles. The van der Waals surface area contributed by atoms with Gasteiger partial charge in [-0.15, -0.1) is 0 Å². The molecule has 0 bridgehead atoms. The molecule has 8 aromatic carbocycles. The van der Waals surface area contributed by atoms with Crippen molar-refractivity contribution in [1.29, 1.82) is 0 Å². The molecule has 0 aliphatic rings. The summed E-state index contributed by atoms with van der Waals surface area (Å²) in [5.41, 5.74) is 19.8. The standard InChI is InChI=1S/C50H40/c1-33-14-16-37(17-15-33)45-27-46(38-11-5-8-34(2)22-38)30-49(28-45)43-20-18-42-26-44(21-19-41(42)25-43)50-31-47(39-12-6-9-35(3)23-39)29-48(32-50)40-13-7-10-36(4)24-40/h5-32H,1-4H3. The molecule has 0 heteroatoms. The van der Waals surface area contributed by atoms with Crippen LogP contribution in [0.15, 0.2) is 170 Å². The lowest BCUT2D eigenvalue weighted by Crippen LogP contribution is -1.88. The third-order valence-electron chi connectivity index (χ3n) is 9.81. The number of benzene rings is 8. The summed E-state index contributed by atoms with van der Waals surface area (Å²) in [7, 11) is 0. The molecule has 0 amide bonds. The molecule has 0 radical (unpaired) electrons. The molecule has 0 saturated heterocycles. The van der Waals surface area contributed by atoms with Crippen LogP contribution in [-0.2, 0) is 0 Å². The fourth-order valence-electron chi connectivity index (χ4n) is 7.08. The quantitative estimate of drug-likeness (QED) is 0.170. The highest BCUT2D eigenvalue weighted by Gasteiger charge is 2.12. The largest absolute Gasteiger partial charge is 0.0614 e. The van der Waals surface area contributed by atoms with Crippen LogP contribution in [0, 0.1) is 27.7 Å². The first-order valence-electron chi connectivity index (χ1n) is 17.5. The van der Waals surface area contributed by atoms with Crippen LogP contribution in [0.5, 0.6) is 0 Å². The fourth-order valence-corrected chi connectivity index (χ4v) is 7.08. The molecular formula is C50H40. The van der Waals surface area contributed by atoms with E-state index in [1.807, 2.05) is 0 Å². The van der Waals surface area contributed by atoms with Crippen LogP contribution in [0.2, 0.25) is 0 Å². The van der Waals surface area contributed by atoms with Gasteiger partial charge in [-0.1, -0.05) is 144 Å². The lowest BCUT2D eigenvalue weighted by Gasteiger charge is -2.14. The van der Waals surface area contributed by atoms with Crippen molar-refractivity contribution in [3.63, 3.8) is 0 Å².